The van der Waals surface area contributed by atoms with Crippen molar-refractivity contribution in [1.29, 1.82) is 0 Å². The van der Waals surface area contributed by atoms with Gasteiger partial charge in [0.15, 0.2) is 0 Å². The molecule has 0 spiro atoms. The van der Waals surface area contributed by atoms with Crippen molar-refractivity contribution in [1.82, 2.24) is 25.3 Å². The number of piperidine rings is 2. The van der Waals surface area contributed by atoms with Crippen LogP contribution in [0.15, 0.2) is 0 Å². The second-order valence-corrected chi connectivity index (χ2v) is 13.5. The van der Waals surface area contributed by atoms with Crippen molar-refractivity contribution in [3.63, 3.8) is 0 Å². The summed E-state index contributed by atoms with van der Waals surface area (Å²) in [6.45, 7) is 9.43. The lowest BCUT2D eigenvalue weighted by molar-refractivity contribution is -0.176. The molecule has 14 heteroatoms. The molecule has 0 aromatic heterocycles. The minimum absolute atomic E-state index is 0.0823. The Morgan fingerprint density at radius 1 is 0.976 bits per heavy atom. The fourth-order valence-corrected chi connectivity index (χ4v) is 6.39. The van der Waals surface area contributed by atoms with E-state index in [4.69, 9.17) is 0 Å². The molecule has 3 heterocycles. The Bertz CT molecular complexity index is 1160. The van der Waals surface area contributed by atoms with E-state index >= 15 is 0 Å². The molecule has 0 aromatic rings. The lowest BCUT2D eigenvalue weighted by Gasteiger charge is -2.38. The molecule has 4 aliphatic rings. The van der Waals surface area contributed by atoms with Crippen LogP contribution in [0.3, 0.4) is 0 Å². The summed E-state index contributed by atoms with van der Waals surface area (Å²) in [7, 11) is 0. The number of rotatable bonds is 8. The standard InChI is InChI=1S/C28H40F3N5O6/c1-26(2,3)21(33-25(42)28(29,30)31)24(41)36-13-15-18(27(15,4)5)19(36)22(39)32-16(14-35-10-7-6-9-17(35)37)20(38)23(40)34-11-8-12-34/h15-16,18-19,21H,6-14H2,1-5H3,(H,32,39)(H,33,42)/t15-,16?,18-,19-,21?/m0/s1. The van der Waals surface area contributed by atoms with Gasteiger partial charge in [0, 0.05) is 39.1 Å². The summed E-state index contributed by atoms with van der Waals surface area (Å²) >= 11 is 0. The SMILES string of the molecule is CC(C)(C)C(NC(=O)C(F)(F)F)C(=O)N1C[C@H]2[C@@H]([C@H]1C(=O)NC(CN1CCCCC1=O)C(=O)C(=O)N1CCC1)C2(C)C. The van der Waals surface area contributed by atoms with Gasteiger partial charge >= 0.3 is 12.1 Å². The number of hydrogen-bond donors (Lipinski definition) is 2. The van der Waals surface area contributed by atoms with Crippen LogP contribution < -0.4 is 10.6 Å². The molecule has 1 saturated carbocycles. The number of amides is 5. The van der Waals surface area contributed by atoms with Crippen LogP contribution in [-0.2, 0) is 28.8 Å². The van der Waals surface area contributed by atoms with Gasteiger partial charge in [0.1, 0.15) is 18.1 Å². The Hall–Kier alpha value is -3.19. The minimum atomic E-state index is -5.21. The predicted octanol–water partition coefficient (Wildman–Crippen LogP) is 0.861. The highest BCUT2D eigenvalue weighted by Gasteiger charge is 2.70. The summed E-state index contributed by atoms with van der Waals surface area (Å²) in [5, 5.41) is 4.45. The normalized spacial score (nSPS) is 26.5. The van der Waals surface area contributed by atoms with Gasteiger partial charge in [-0.15, -0.1) is 0 Å². The van der Waals surface area contributed by atoms with E-state index in [2.05, 4.69) is 5.32 Å². The van der Waals surface area contributed by atoms with E-state index < -0.39 is 59.1 Å². The van der Waals surface area contributed by atoms with Crippen molar-refractivity contribution in [2.75, 3.05) is 32.7 Å². The van der Waals surface area contributed by atoms with Gasteiger partial charge in [-0.1, -0.05) is 34.6 Å². The highest BCUT2D eigenvalue weighted by Crippen LogP contribution is 2.65. The first-order chi connectivity index (χ1) is 19.4. The summed E-state index contributed by atoms with van der Waals surface area (Å²) in [5.74, 6) is -6.13. The van der Waals surface area contributed by atoms with Crippen LogP contribution in [0.2, 0.25) is 0 Å². The molecule has 0 aromatic carbocycles. The third-order valence-corrected chi connectivity index (χ3v) is 9.22. The van der Waals surface area contributed by atoms with E-state index in [-0.39, 0.29) is 42.7 Å². The molecule has 4 rings (SSSR count). The molecule has 1 aliphatic carbocycles. The number of likely N-dealkylation sites (tertiary alicyclic amines) is 3. The third kappa shape index (κ3) is 6.12. The molecule has 42 heavy (non-hydrogen) atoms. The molecule has 5 amide bonds. The van der Waals surface area contributed by atoms with E-state index in [0.717, 1.165) is 6.42 Å². The molecule has 2 N–H and O–H groups in total. The Morgan fingerprint density at radius 3 is 2.14 bits per heavy atom. The number of halogens is 3. The molecule has 3 saturated heterocycles. The predicted molar refractivity (Wildman–Crippen MR) is 142 cm³/mol. The van der Waals surface area contributed by atoms with Crippen LogP contribution in [0.25, 0.3) is 0 Å². The first-order valence-corrected chi connectivity index (χ1v) is 14.4. The monoisotopic (exact) mass is 599 g/mol. The summed E-state index contributed by atoms with van der Waals surface area (Å²) in [4.78, 5) is 82.2. The van der Waals surface area contributed by atoms with Crippen molar-refractivity contribution < 1.29 is 41.9 Å². The van der Waals surface area contributed by atoms with Crippen LogP contribution >= 0.6 is 0 Å². The van der Waals surface area contributed by atoms with Crippen LogP contribution in [0, 0.1) is 22.7 Å². The Kier molecular flexibility index (Phi) is 8.42. The average Bonchev–Trinajstić information content (AvgIpc) is 3.18. The molecule has 234 valence electrons. The van der Waals surface area contributed by atoms with Crippen molar-refractivity contribution >= 4 is 35.3 Å². The van der Waals surface area contributed by atoms with Gasteiger partial charge in [0.2, 0.25) is 23.5 Å². The van der Waals surface area contributed by atoms with E-state index in [9.17, 15) is 41.9 Å². The smallest absolute Gasteiger partial charge is 0.342 e. The second-order valence-electron chi connectivity index (χ2n) is 13.5. The van der Waals surface area contributed by atoms with E-state index in [0.29, 0.717) is 32.5 Å². The number of alkyl halides is 3. The minimum Gasteiger partial charge on any atom is -0.342 e. The highest BCUT2D eigenvalue weighted by molar-refractivity contribution is 6.38. The lowest BCUT2D eigenvalue weighted by atomic mass is 9.85. The van der Waals surface area contributed by atoms with Crippen molar-refractivity contribution in [3.8, 4) is 0 Å². The molecule has 3 aliphatic heterocycles. The Morgan fingerprint density at radius 2 is 1.62 bits per heavy atom. The summed E-state index contributed by atoms with van der Waals surface area (Å²) < 4.78 is 39.3. The number of hydrogen-bond acceptors (Lipinski definition) is 6. The number of carbonyl (C=O) groups excluding carboxylic acids is 6. The topological polar surface area (TPSA) is 136 Å². The van der Waals surface area contributed by atoms with Gasteiger partial charge in [-0.2, -0.15) is 13.2 Å². The van der Waals surface area contributed by atoms with Gasteiger partial charge in [-0.05, 0) is 41.9 Å². The van der Waals surface area contributed by atoms with Gasteiger partial charge in [0.05, 0.1) is 0 Å². The fraction of sp³-hybridized carbons (Fsp3) is 0.786. The zero-order valence-corrected chi connectivity index (χ0v) is 24.7. The van der Waals surface area contributed by atoms with Crippen LogP contribution in [0.5, 0.6) is 0 Å². The third-order valence-electron chi connectivity index (χ3n) is 9.22. The molecule has 5 atom stereocenters. The lowest BCUT2D eigenvalue weighted by Crippen LogP contribution is -2.62. The highest BCUT2D eigenvalue weighted by atomic mass is 19.4. The molecule has 0 bridgehead atoms. The van der Waals surface area contributed by atoms with E-state index in [1.165, 1.54) is 35.5 Å². The average molecular weight is 600 g/mol. The first-order valence-electron chi connectivity index (χ1n) is 14.4. The quantitative estimate of drug-likeness (QED) is 0.398. The van der Waals surface area contributed by atoms with E-state index in [1.807, 2.05) is 13.8 Å². The van der Waals surface area contributed by atoms with Crippen LogP contribution in [0.4, 0.5) is 13.2 Å². The van der Waals surface area contributed by atoms with Gasteiger partial charge in [-0.3, -0.25) is 28.8 Å². The number of carbonyl (C=O) groups is 6. The number of Topliss-reactive ketones (excluding diaryl/α,β-unsaturated/α-hetero) is 1. The summed E-state index contributed by atoms with van der Waals surface area (Å²) in [6, 6.07) is -4.08. The van der Waals surface area contributed by atoms with Gasteiger partial charge in [0.25, 0.3) is 5.91 Å². The summed E-state index contributed by atoms with van der Waals surface area (Å²) in [6.07, 6.45) is -2.77. The molecule has 11 nitrogen and oxygen atoms in total. The van der Waals surface area contributed by atoms with Gasteiger partial charge < -0.3 is 25.3 Å². The fourth-order valence-electron chi connectivity index (χ4n) is 6.39. The largest absolute Gasteiger partial charge is 0.471 e. The zero-order valence-electron chi connectivity index (χ0n) is 24.7. The maximum atomic E-state index is 13.9. The molecule has 2 unspecified atom stereocenters. The zero-order chi connectivity index (χ0) is 31.4. The number of ketones is 1. The number of nitrogens with zero attached hydrogens (tertiary/aromatic N) is 3. The molecule has 0 radical (unpaired) electrons. The van der Waals surface area contributed by atoms with Crippen molar-refractivity contribution in [2.24, 2.45) is 22.7 Å². The van der Waals surface area contributed by atoms with Gasteiger partial charge in [-0.25, -0.2) is 0 Å². The molecular weight excluding hydrogens is 559 g/mol. The van der Waals surface area contributed by atoms with E-state index in [1.54, 1.807) is 5.32 Å². The maximum absolute atomic E-state index is 13.9. The second kappa shape index (κ2) is 11.1. The van der Waals surface area contributed by atoms with Crippen LogP contribution in [-0.4, -0.2) is 107 Å². The van der Waals surface area contributed by atoms with Crippen LogP contribution in [0.1, 0.15) is 60.3 Å². The number of fused-ring (bicyclic) bond motifs is 1. The van der Waals surface area contributed by atoms with Crippen molar-refractivity contribution in [2.45, 2.75) is 84.6 Å². The molecular formula is C28H40F3N5O6. The maximum Gasteiger partial charge on any atom is 0.471 e. The Labute approximate surface area is 242 Å². The molecule has 4 fully saturated rings. The number of nitrogens with one attached hydrogen (secondary N) is 2. The Balaban J connectivity index is 1.59. The van der Waals surface area contributed by atoms with Crippen molar-refractivity contribution in [3.05, 3.63) is 0 Å². The summed E-state index contributed by atoms with van der Waals surface area (Å²) in [5.41, 5.74) is -1.49. The first kappa shape index (κ1) is 31.7.